The number of anilines is 1. The van der Waals surface area contributed by atoms with Gasteiger partial charge >= 0.3 is 0 Å². The summed E-state index contributed by atoms with van der Waals surface area (Å²) >= 11 is 3.34. The summed E-state index contributed by atoms with van der Waals surface area (Å²) in [5, 5.41) is 18.6. The molecule has 0 aliphatic carbocycles. The third-order valence-electron chi connectivity index (χ3n) is 3.00. The first-order valence-corrected chi connectivity index (χ1v) is 7.45. The molecule has 2 aromatic heterocycles. The molecular formula is C13H11BrN8O2. The van der Waals surface area contributed by atoms with Crippen LogP contribution in [0.25, 0.3) is 5.82 Å². The number of hydrogen-bond acceptors (Lipinski definition) is 8. The quantitative estimate of drug-likeness (QED) is 0.501. The first-order chi connectivity index (χ1) is 11.6. The van der Waals surface area contributed by atoms with Crippen molar-refractivity contribution in [3.8, 4) is 5.82 Å². The smallest absolute Gasteiger partial charge is 0.292 e. The van der Waals surface area contributed by atoms with Crippen molar-refractivity contribution in [2.24, 2.45) is 5.10 Å². The molecule has 3 N–H and O–H groups in total. The van der Waals surface area contributed by atoms with Crippen LogP contribution in [0.3, 0.4) is 0 Å². The lowest BCUT2D eigenvalue weighted by Crippen LogP contribution is -2.22. The molecule has 11 heteroatoms. The van der Waals surface area contributed by atoms with Crippen LogP contribution in [0.4, 0.5) is 5.82 Å². The van der Waals surface area contributed by atoms with Gasteiger partial charge in [0.1, 0.15) is 0 Å². The molecule has 0 saturated heterocycles. The number of benzene rings is 1. The number of nitrogens with one attached hydrogen (secondary N) is 1. The maximum absolute atomic E-state index is 12.3. The zero-order chi connectivity index (χ0) is 17.1. The van der Waals surface area contributed by atoms with Gasteiger partial charge in [-0.1, -0.05) is 33.3 Å². The van der Waals surface area contributed by atoms with E-state index >= 15 is 0 Å². The van der Waals surface area contributed by atoms with E-state index in [1.807, 2.05) is 24.3 Å². The third-order valence-corrected chi connectivity index (χ3v) is 3.53. The second-order valence-electron chi connectivity index (χ2n) is 4.66. The number of rotatable bonds is 4. The van der Waals surface area contributed by atoms with Gasteiger partial charge in [-0.3, -0.25) is 4.79 Å². The molecule has 0 atom stereocenters. The molecule has 0 radical (unpaired) electrons. The summed E-state index contributed by atoms with van der Waals surface area (Å²) < 4.78 is 6.61. The molecule has 2 heterocycles. The molecule has 0 aliphatic heterocycles. The summed E-state index contributed by atoms with van der Waals surface area (Å²) in [6.07, 6.45) is 1.51. The molecule has 3 rings (SSSR count). The van der Waals surface area contributed by atoms with Gasteiger partial charge in [0.25, 0.3) is 5.91 Å². The SMILES string of the molecule is Cc1nnn(-c2nonc2N)c1C(=O)NN=Cc1ccc(Br)cc1. The van der Waals surface area contributed by atoms with Gasteiger partial charge in [-0.15, -0.1) is 5.10 Å². The van der Waals surface area contributed by atoms with Gasteiger partial charge in [0.15, 0.2) is 5.69 Å². The van der Waals surface area contributed by atoms with E-state index in [-0.39, 0.29) is 17.3 Å². The van der Waals surface area contributed by atoms with Crippen molar-refractivity contribution in [3.05, 3.63) is 45.7 Å². The number of halogens is 1. The Morgan fingerprint density at radius 3 is 2.79 bits per heavy atom. The van der Waals surface area contributed by atoms with Crippen LogP contribution in [-0.4, -0.2) is 37.4 Å². The van der Waals surface area contributed by atoms with Gasteiger partial charge in [-0.2, -0.15) is 9.78 Å². The third kappa shape index (κ3) is 3.15. The zero-order valence-corrected chi connectivity index (χ0v) is 13.9. The Morgan fingerprint density at radius 1 is 1.38 bits per heavy atom. The molecule has 1 aromatic carbocycles. The minimum Gasteiger partial charge on any atom is -0.378 e. The number of aromatic nitrogens is 5. The van der Waals surface area contributed by atoms with Crippen LogP contribution in [0.2, 0.25) is 0 Å². The molecule has 0 unspecified atom stereocenters. The molecule has 0 spiro atoms. The highest BCUT2D eigenvalue weighted by molar-refractivity contribution is 9.10. The summed E-state index contributed by atoms with van der Waals surface area (Å²) in [5.41, 5.74) is 9.37. The number of hydrazone groups is 1. The van der Waals surface area contributed by atoms with Crippen molar-refractivity contribution in [1.82, 2.24) is 30.7 Å². The normalized spacial score (nSPS) is 11.1. The maximum atomic E-state index is 12.3. The second-order valence-corrected chi connectivity index (χ2v) is 5.57. The van der Waals surface area contributed by atoms with Gasteiger partial charge in [-0.25, -0.2) is 10.1 Å². The van der Waals surface area contributed by atoms with Gasteiger partial charge in [0.2, 0.25) is 11.6 Å². The average molecular weight is 391 g/mol. The Bertz CT molecular complexity index is 899. The molecule has 10 nitrogen and oxygen atoms in total. The lowest BCUT2D eigenvalue weighted by atomic mass is 10.2. The van der Waals surface area contributed by atoms with Gasteiger partial charge in [0.05, 0.1) is 11.9 Å². The van der Waals surface area contributed by atoms with E-state index in [1.165, 1.54) is 6.21 Å². The molecular weight excluding hydrogens is 380 g/mol. The van der Waals surface area contributed by atoms with Crippen LogP contribution < -0.4 is 11.2 Å². The summed E-state index contributed by atoms with van der Waals surface area (Å²) in [7, 11) is 0. The van der Waals surface area contributed by atoms with E-state index in [4.69, 9.17) is 5.73 Å². The van der Waals surface area contributed by atoms with Crippen molar-refractivity contribution in [2.45, 2.75) is 6.92 Å². The lowest BCUT2D eigenvalue weighted by molar-refractivity contribution is 0.0946. The summed E-state index contributed by atoms with van der Waals surface area (Å²) in [5.74, 6) is -0.446. The van der Waals surface area contributed by atoms with Crippen LogP contribution >= 0.6 is 15.9 Å². The van der Waals surface area contributed by atoms with Gasteiger partial charge < -0.3 is 5.73 Å². The Balaban J connectivity index is 1.80. The molecule has 24 heavy (non-hydrogen) atoms. The standard InChI is InChI=1S/C13H11BrN8O2/c1-7-10(22(21-17-7)12-11(15)19-24-20-12)13(23)18-16-6-8-2-4-9(14)5-3-8/h2-6H,1H3,(H2,15,19)(H,18,23). The zero-order valence-electron chi connectivity index (χ0n) is 12.3. The van der Waals surface area contributed by atoms with Crippen molar-refractivity contribution >= 4 is 33.9 Å². The largest absolute Gasteiger partial charge is 0.378 e. The number of hydrogen-bond donors (Lipinski definition) is 2. The predicted molar refractivity (Wildman–Crippen MR) is 87.6 cm³/mol. The number of amides is 1. The molecule has 1 amide bonds. The van der Waals surface area contributed by atoms with Crippen molar-refractivity contribution in [2.75, 3.05) is 5.73 Å². The molecule has 122 valence electrons. The summed E-state index contributed by atoms with van der Waals surface area (Å²) in [6.45, 7) is 1.63. The number of nitrogens with two attached hydrogens (primary N) is 1. The van der Waals surface area contributed by atoms with Crippen molar-refractivity contribution in [1.29, 1.82) is 0 Å². The molecule has 0 fully saturated rings. The Labute approximate surface area is 143 Å². The van der Waals surface area contributed by atoms with Crippen LogP contribution in [0.15, 0.2) is 38.5 Å². The van der Waals surface area contributed by atoms with E-state index in [0.717, 1.165) is 14.7 Å². The fourth-order valence-corrected chi connectivity index (χ4v) is 2.14. The van der Waals surface area contributed by atoms with E-state index in [9.17, 15) is 4.79 Å². The molecule has 0 aliphatic rings. The minimum absolute atomic E-state index is 0.00712. The molecule has 0 saturated carbocycles. The Hall–Kier alpha value is -3.08. The first-order valence-electron chi connectivity index (χ1n) is 6.66. The molecule has 3 aromatic rings. The van der Waals surface area contributed by atoms with E-state index in [2.05, 4.69) is 51.7 Å². The van der Waals surface area contributed by atoms with Gasteiger partial charge in [0, 0.05) is 4.47 Å². The fourth-order valence-electron chi connectivity index (χ4n) is 1.87. The fraction of sp³-hybridized carbons (Fsp3) is 0.0769. The highest BCUT2D eigenvalue weighted by Gasteiger charge is 2.22. The summed E-state index contributed by atoms with van der Waals surface area (Å²) in [6, 6.07) is 7.43. The Kier molecular flexibility index (Phi) is 4.33. The minimum atomic E-state index is -0.520. The summed E-state index contributed by atoms with van der Waals surface area (Å²) in [4.78, 5) is 12.3. The second kappa shape index (κ2) is 6.58. The lowest BCUT2D eigenvalue weighted by Gasteiger charge is -2.02. The van der Waals surface area contributed by atoms with E-state index in [1.54, 1.807) is 6.92 Å². The van der Waals surface area contributed by atoms with Crippen LogP contribution in [0, 0.1) is 6.92 Å². The van der Waals surface area contributed by atoms with Gasteiger partial charge in [-0.05, 0) is 34.9 Å². The van der Waals surface area contributed by atoms with Crippen LogP contribution in [0.1, 0.15) is 21.7 Å². The predicted octanol–water partition coefficient (Wildman–Crippen LogP) is 1.07. The van der Waals surface area contributed by atoms with E-state index < -0.39 is 5.91 Å². The Morgan fingerprint density at radius 2 is 2.12 bits per heavy atom. The van der Waals surface area contributed by atoms with E-state index in [0.29, 0.717) is 5.69 Å². The number of carbonyl (C=O) groups excluding carboxylic acids is 1. The first kappa shape index (κ1) is 15.8. The monoisotopic (exact) mass is 390 g/mol. The average Bonchev–Trinajstić information content (AvgIpc) is 3.14. The topological polar surface area (TPSA) is 137 Å². The number of aryl methyl sites for hydroxylation is 1. The highest BCUT2D eigenvalue weighted by Crippen LogP contribution is 2.15. The van der Waals surface area contributed by atoms with Crippen LogP contribution in [0.5, 0.6) is 0 Å². The maximum Gasteiger partial charge on any atom is 0.292 e. The van der Waals surface area contributed by atoms with Crippen molar-refractivity contribution < 1.29 is 9.42 Å². The molecule has 0 bridgehead atoms. The number of nitrogens with zero attached hydrogens (tertiary/aromatic N) is 6. The highest BCUT2D eigenvalue weighted by atomic mass is 79.9. The number of nitrogen functional groups attached to an aromatic ring is 1. The van der Waals surface area contributed by atoms with Crippen LogP contribution in [-0.2, 0) is 0 Å². The van der Waals surface area contributed by atoms with Crippen molar-refractivity contribution in [3.63, 3.8) is 0 Å². The number of carbonyl (C=O) groups is 1.